The van der Waals surface area contributed by atoms with Gasteiger partial charge < -0.3 is 41.9 Å². The zero-order chi connectivity index (χ0) is 25.8. The number of carboxylic acid groups (broad SMARTS) is 3. The molecule has 1 aromatic carbocycles. The highest BCUT2D eigenvalue weighted by Crippen LogP contribution is 2.25. The van der Waals surface area contributed by atoms with Crippen LogP contribution in [0.15, 0.2) is 18.2 Å². The summed E-state index contributed by atoms with van der Waals surface area (Å²) >= 11 is 0.774. The molecule has 0 unspecified atom stereocenters. The molecule has 0 aliphatic carbocycles. The molecule has 0 bridgehead atoms. The highest BCUT2D eigenvalue weighted by atomic mass is 32.2. The molecule has 14 nitrogen and oxygen atoms in total. The number of benzene rings is 1. The second-order valence-corrected chi connectivity index (χ2v) is 7.92. The van der Waals surface area contributed by atoms with E-state index in [0.29, 0.717) is 5.56 Å². The van der Waals surface area contributed by atoms with Gasteiger partial charge >= 0.3 is 17.9 Å². The van der Waals surface area contributed by atoms with Crippen molar-refractivity contribution in [3.63, 3.8) is 0 Å². The quantitative estimate of drug-likeness (QED) is 0.0950. The van der Waals surface area contributed by atoms with Gasteiger partial charge in [-0.05, 0) is 30.5 Å². The molecule has 1 aromatic rings. The van der Waals surface area contributed by atoms with Crippen molar-refractivity contribution in [3.8, 4) is 11.5 Å². The van der Waals surface area contributed by atoms with E-state index >= 15 is 0 Å². The zero-order valence-corrected chi connectivity index (χ0v) is 18.6. The average Bonchev–Trinajstić information content (AvgIpc) is 2.76. The van der Waals surface area contributed by atoms with E-state index < -0.39 is 60.1 Å². The van der Waals surface area contributed by atoms with E-state index in [1.165, 1.54) is 18.2 Å². The Balaban J connectivity index is 2.75. The summed E-state index contributed by atoms with van der Waals surface area (Å²) in [6.45, 7) is -0.713. The molecule has 0 aliphatic heterocycles. The van der Waals surface area contributed by atoms with Crippen molar-refractivity contribution < 1.29 is 49.5 Å². The van der Waals surface area contributed by atoms with Gasteiger partial charge in [0.25, 0.3) is 0 Å². The van der Waals surface area contributed by atoms with Crippen LogP contribution in [-0.4, -0.2) is 85.7 Å². The van der Waals surface area contributed by atoms with E-state index in [-0.39, 0.29) is 30.8 Å². The second kappa shape index (κ2) is 13.9. The highest BCUT2D eigenvalue weighted by Gasteiger charge is 2.24. The van der Waals surface area contributed by atoms with E-state index in [9.17, 15) is 39.3 Å². The summed E-state index contributed by atoms with van der Waals surface area (Å²) in [5.74, 6) is -6.41. The van der Waals surface area contributed by atoms with Gasteiger partial charge in [-0.3, -0.25) is 24.0 Å². The van der Waals surface area contributed by atoms with Crippen molar-refractivity contribution in [1.29, 1.82) is 0 Å². The molecule has 188 valence electrons. The molecule has 1 rings (SSSR count). The molecule has 2 amide bonds. The molecule has 10 N–H and O–H groups in total. The number of amides is 2. The van der Waals surface area contributed by atoms with E-state index in [1.54, 1.807) is 0 Å². The molecule has 0 heterocycles. The fraction of sp³-hybridized carbons (Fsp3) is 0.421. The maximum Gasteiger partial charge on any atom is 0.322 e. The number of nitrogens with two attached hydrogens (primary N) is 1. The monoisotopic (exact) mass is 502 g/mol. The highest BCUT2D eigenvalue weighted by molar-refractivity contribution is 7.97. The largest absolute Gasteiger partial charge is 0.504 e. The van der Waals surface area contributed by atoms with Gasteiger partial charge in [0.15, 0.2) is 11.5 Å². The Morgan fingerprint density at radius 3 is 2.21 bits per heavy atom. The summed E-state index contributed by atoms with van der Waals surface area (Å²) in [4.78, 5) is 57.4. The smallest absolute Gasteiger partial charge is 0.322 e. The van der Waals surface area contributed by atoms with E-state index in [4.69, 9.17) is 15.9 Å². The first-order valence-corrected chi connectivity index (χ1v) is 10.8. The summed E-state index contributed by atoms with van der Waals surface area (Å²) in [5.41, 5.74) is 5.73. The van der Waals surface area contributed by atoms with Crippen molar-refractivity contribution >= 4 is 41.7 Å². The summed E-state index contributed by atoms with van der Waals surface area (Å²) in [7, 11) is 0. The molecule has 0 fully saturated rings. The predicted octanol–water partition coefficient (Wildman–Crippen LogP) is -1.79. The lowest BCUT2D eigenvalue weighted by molar-refractivity contribution is -0.140. The van der Waals surface area contributed by atoms with Gasteiger partial charge in [-0.2, -0.15) is 0 Å². The number of phenols is 2. The van der Waals surface area contributed by atoms with Gasteiger partial charge in [0.2, 0.25) is 11.8 Å². The van der Waals surface area contributed by atoms with Crippen LogP contribution >= 0.6 is 11.9 Å². The molecule has 15 heteroatoms. The Bertz CT molecular complexity index is 913. The number of rotatable bonds is 15. The van der Waals surface area contributed by atoms with Crippen LogP contribution in [0.1, 0.15) is 18.4 Å². The fourth-order valence-corrected chi connectivity index (χ4v) is 3.37. The molecule has 0 spiro atoms. The Morgan fingerprint density at radius 1 is 0.971 bits per heavy atom. The van der Waals surface area contributed by atoms with Gasteiger partial charge in [-0.25, -0.2) is 4.72 Å². The molecule has 0 radical (unpaired) electrons. The van der Waals surface area contributed by atoms with Crippen molar-refractivity contribution in [2.45, 2.75) is 37.4 Å². The molecular weight excluding hydrogens is 476 g/mol. The third-order valence-electron chi connectivity index (χ3n) is 4.32. The van der Waals surface area contributed by atoms with Crippen molar-refractivity contribution in [2.75, 3.05) is 12.3 Å². The molecular formula is C19H26N4O10S. The second-order valence-electron chi connectivity index (χ2n) is 7.06. The van der Waals surface area contributed by atoms with Gasteiger partial charge in [-0.15, -0.1) is 0 Å². The number of carbonyl (C=O) groups is 5. The molecule has 3 atom stereocenters. The summed E-state index contributed by atoms with van der Waals surface area (Å²) in [6, 6.07) is 0.0876. The number of hydrogen-bond acceptors (Lipinski definition) is 10. The van der Waals surface area contributed by atoms with Crippen LogP contribution in [0.4, 0.5) is 0 Å². The summed E-state index contributed by atoms with van der Waals surface area (Å²) in [6.07, 6.45) is -0.599. The van der Waals surface area contributed by atoms with Crippen LogP contribution in [0.25, 0.3) is 0 Å². The Hall–Kier alpha value is -3.56. The Kier molecular flexibility index (Phi) is 11.6. The number of aromatic hydroxyl groups is 2. The van der Waals surface area contributed by atoms with Crippen molar-refractivity contribution in [2.24, 2.45) is 5.73 Å². The zero-order valence-electron chi connectivity index (χ0n) is 17.8. The minimum absolute atomic E-state index is 0.0918. The van der Waals surface area contributed by atoms with Crippen LogP contribution in [0.2, 0.25) is 0 Å². The first-order chi connectivity index (χ1) is 15.9. The first kappa shape index (κ1) is 28.5. The average molecular weight is 503 g/mol. The van der Waals surface area contributed by atoms with Gasteiger partial charge in [0.05, 0.1) is 0 Å². The lowest BCUT2D eigenvalue weighted by atomic mass is 10.1. The molecule has 0 saturated heterocycles. The van der Waals surface area contributed by atoms with Crippen LogP contribution < -0.4 is 21.1 Å². The molecule has 34 heavy (non-hydrogen) atoms. The maximum atomic E-state index is 12.3. The number of carbonyl (C=O) groups excluding carboxylic acids is 2. The lowest BCUT2D eigenvalue weighted by Crippen LogP contribution is -2.50. The van der Waals surface area contributed by atoms with Crippen LogP contribution in [0.3, 0.4) is 0 Å². The van der Waals surface area contributed by atoms with E-state index in [0.717, 1.165) is 11.9 Å². The predicted molar refractivity (Wildman–Crippen MR) is 118 cm³/mol. The summed E-state index contributed by atoms with van der Waals surface area (Å²) in [5, 5.41) is 50.3. The Morgan fingerprint density at radius 2 is 1.65 bits per heavy atom. The van der Waals surface area contributed by atoms with Crippen molar-refractivity contribution in [1.82, 2.24) is 15.4 Å². The number of carboxylic acids is 3. The maximum absolute atomic E-state index is 12.3. The van der Waals surface area contributed by atoms with Gasteiger partial charge in [-0.1, -0.05) is 18.0 Å². The number of hydrogen-bond donors (Lipinski definition) is 9. The van der Waals surface area contributed by atoms with Crippen molar-refractivity contribution in [3.05, 3.63) is 23.8 Å². The summed E-state index contributed by atoms with van der Waals surface area (Å²) < 4.78 is 2.62. The standard InChI is InChI=1S/C19H26N4O10S/c20-10(18(30)31)2-4-15(26)22-12(17(29)21-7-16(27)28)8-34-23-11(19(32)33)5-9-1-3-13(24)14(25)6-9/h1,3,6,10-12,23-25H,2,4-5,7-8,20H2,(H,21,29)(H,22,26)(H,27,28)(H,30,31)(H,32,33)/t10-,11-,12-/m0/s1. The minimum atomic E-state index is -1.32. The normalized spacial score (nSPS) is 13.3. The van der Waals surface area contributed by atoms with E-state index in [2.05, 4.69) is 15.4 Å². The van der Waals surface area contributed by atoms with Crippen LogP contribution in [0, 0.1) is 0 Å². The minimum Gasteiger partial charge on any atom is -0.504 e. The number of aliphatic carboxylic acids is 3. The number of nitrogens with one attached hydrogen (secondary N) is 3. The molecule has 0 saturated carbocycles. The SMILES string of the molecule is N[C@@H](CCC(=O)N[C@@H](CSN[C@@H](Cc1ccc(O)c(O)c1)C(=O)O)C(=O)NCC(=O)O)C(=O)O. The molecule has 0 aliphatic rings. The van der Waals surface area contributed by atoms with Gasteiger partial charge in [0.1, 0.15) is 24.7 Å². The third kappa shape index (κ3) is 10.4. The first-order valence-electron chi connectivity index (χ1n) is 9.79. The van der Waals surface area contributed by atoms with Gasteiger partial charge in [0, 0.05) is 12.2 Å². The number of phenolic OH excluding ortho intramolecular Hbond substituents is 2. The van der Waals surface area contributed by atoms with Crippen LogP contribution in [0.5, 0.6) is 11.5 Å². The third-order valence-corrected chi connectivity index (χ3v) is 5.27. The molecule has 0 aromatic heterocycles. The van der Waals surface area contributed by atoms with E-state index in [1.807, 2.05) is 0 Å². The Labute approximate surface area is 197 Å². The topological polar surface area (TPSA) is 249 Å². The van der Waals surface area contributed by atoms with Crippen LogP contribution in [-0.2, 0) is 30.4 Å². The fourth-order valence-electron chi connectivity index (χ4n) is 2.49. The lowest BCUT2D eigenvalue weighted by Gasteiger charge is -2.20.